The molecule has 1 aliphatic carbocycles. The van der Waals surface area contributed by atoms with Gasteiger partial charge in [0.25, 0.3) is 5.91 Å². The van der Waals surface area contributed by atoms with Crippen LogP contribution in [-0.2, 0) is 11.3 Å². The van der Waals surface area contributed by atoms with E-state index in [-0.39, 0.29) is 17.9 Å². The normalized spacial score (nSPS) is 21.8. The highest BCUT2D eigenvalue weighted by molar-refractivity contribution is 6.14. The third-order valence-electron chi connectivity index (χ3n) is 6.66. The number of carbonyl (C=O) groups is 2. The van der Waals surface area contributed by atoms with E-state index < -0.39 is 5.54 Å². The maximum absolute atomic E-state index is 13.8. The number of anilines is 1. The summed E-state index contributed by atoms with van der Waals surface area (Å²) >= 11 is 0. The smallest absolute Gasteiger partial charge is 0.275 e. The summed E-state index contributed by atoms with van der Waals surface area (Å²) in [6.07, 6.45) is 4.32. The summed E-state index contributed by atoms with van der Waals surface area (Å²) in [4.78, 5) is 29.1. The molecule has 5 heteroatoms. The van der Waals surface area contributed by atoms with Crippen molar-refractivity contribution in [2.24, 2.45) is 0 Å². The molecule has 0 unspecified atom stereocenters. The predicted molar refractivity (Wildman–Crippen MR) is 119 cm³/mol. The number of amides is 2. The number of carbonyl (C=O) groups excluding carboxylic acids is 2. The monoisotopic (exact) mass is 401 g/mol. The SMILES string of the molecule is Cc1ccc(N2C(=O)c3cc4ccccc4n3C[C@]2(C)C(=O)NC2CCCC2)cc1. The van der Waals surface area contributed by atoms with E-state index in [1.165, 1.54) is 0 Å². The summed E-state index contributed by atoms with van der Waals surface area (Å²) in [5.74, 6) is -0.211. The summed E-state index contributed by atoms with van der Waals surface area (Å²) in [7, 11) is 0. The Kier molecular flexibility index (Phi) is 4.42. The Bertz CT molecular complexity index is 1130. The largest absolute Gasteiger partial charge is 0.351 e. The fourth-order valence-corrected chi connectivity index (χ4v) is 4.96. The van der Waals surface area contributed by atoms with Gasteiger partial charge in [-0.15, -0.1) is 0 Å². The Morgan fingerprint density at radius 3 is 2.50 bits per heavy atom. The van der Waals surface area contributed by atoms with Crippen LogP contribution in [0.25, 0.3) is 10.9 Å². The molecule has 0 saturated heterocycles. The summed E-state index contributed by atoms with van der Waals surface area (Å²) < 4.78 is 2.01. The number of aryl methyl sites for hydroxylation is 1. The molecule has 0 radical (unpaired) electrons. The van der Waals surface area contributed by atoms with Crippen molar-refractivity contribution in [2.45, 2.75) is 57.7 Å². The average Bonchev–Trinajstić information content (AvgIpc) is 3.37. The van der Waals surface area contributed by atoms with Crippen LogP contribution in [-0.4, -0.2) is 28.0 Å². The second kappa shape index (κ2) is 7.01. The van der Waals surface area contributed by atoms with Crippen molar-refractivity contribution in [2.75, 3.05) is 4.90 Å². The first-order chi connectivity index (χ1) is 14.5. The molecule has 2 aromatic carbocycles. The Balaban J connectivity index is 1.63. The molecular formula is C25H27N3O2. The van der Waals surface area contributed by atoms with Gasteiger partial charge in [-0.25, -0.2) is 0 Å². The van der Waals surface area contributed by atoms with Crippen molar-refractivity contribution in [3.05, 3.63) is 65.9 Å². The van der Waals surface area contributed by atoms with E-state index >= 15 is 0 Å². The van der Waals surface area contributed by atoms with Crippen LogP contribution in [0.2, 0.25) is 0 Å². The second-order valence-electron chi connectivity index (χ2n) is 8.88. The molecule has 1 aromatic heterocycles. The van der Waals surface area contributed by atoms with Crippen molar-refractivity contribution >= 4 is 28.4 Å². The van der Waals surface area contributed by atoms with Crippen LogP contribution in [0, 0.1) is 6.92 Å². The van der Waals surface area contributed by atoms with Gasteiger partial charge < -0.3 is 9.88 Å². The van der Waals surface area contributed by atoms with Gasteiger partial charge in [0, 0.05) is 22.6 Å². The molecule has 1 N–H and O–H groups in total. The van der Waals surface area contributed by atoms with Crippen molar-refractivity contribution in [3.63, 3.8) is 0 Å². The molecule has 2 aliphatic rings. The number of nitrogens with zero attached hydrogens (tertiary/aromatic N) is 2. The number of rotatable bonds is 3. The van der Waals surface area contributed by atoms with Gasteiger partial charge in [0.05, 0.1) is 6.54 Å². The molecule has 3 aromatic rings. The second-order valence-corrected chi connectivity index (χ2v) is 8.88. The van der Waals surface area contributed by atoms with E-state index in [1.54, 1.807) is 4.90 Å². The van der Waals surface area contributed by atoms with Crippen LogP contribution in [0.3, 0.4) is 0 Å². The highest BCUT2D eigenvalue weighted by Crippen LogP contribution is 2.36. The number of fused-ring (bicyclic) bond motifs is 3. The van der Waals surface area contributed by atoms with Gasteiger partial charge in [0.1, 0.15) is 11.2 Å². The lowest BCUT2D eigenvalue weighted by Crippen LogP contribution is -2.65. The molecule has 1 saturated carbocycles. The van der Waals surface area contributed by atoms with Crippen molar-refractivity contribution in [3.8, 4) is 0 Å². The minimum absolute atomic E-state index is 0.0771. The number of hydrogen-bond acceptors (Lipinski definition) is 2. The van der Waals surface area contributed by atoms with Gasteiger partial charge in [-0.1, -0.05) is 48.7 Å². The van der Waals surface area contributed by atoms with Crippen LogP contribution in [0.5, 0.6) is 0 Å². The van der Waals surface area contributed by atoms with Crippen LogP contribution in [0.4, 0.5) is 5.69 Å². The van der Waals surface area contributed by atoms with Crippen LogP contribution < -0.4 is 10.2 Å². The fourth-order valence-electron chi connectivity index (χ4n) is 4.96. The predicted octanol–water partition coefficient (Wildman–Crippen LogP) is 4.43. The standard InChI is InChI=1S/C25H27N3O2/c1-17-11-13-20(14-12-17)28-23(29)22-15-18-7-3-6-10-21(18)27(22)16-25(28,2)24(30)26-19-8-4-5-9-19/h3,6-7,10-15,19H,4-5,8-9,16H2,1-2H3,(H,26,30)/t25-/m1/s1. The van der Waals surface area contributed by atoms with Crippen LogP contribution >= 0.6 is 0 Å². The Labute approximate surface area is 176 Å². The highest BCUT2D eigenvalue weighted by atomic mass is 16.2. The van der Waals surface area contributed by atoms with E-state index in [0.29, 0.717) is 12.2 Å². The number of nitrogens with one attached hydrogen (secondary N) is 1. The van der Waals surface area contributed by atoms with Gasteiger partial charge in [-0.05, 0) is 51.0 Å². The number of hydrogen-bond donors (Lipinski definition) is 1. The van der Waals surface area contributed by atoms with E-state index in [2.05, 4.69) is 5.32 Å². The average molecular weight is 402 g/mol. The lowest BCUT2D eigenvalue weighted by molar-refractivity contribution is -0.127. The highest BCUT2D eigenvalue weighted by Gasteiger charge is 2.49. The lowest BCUT2D eigenvalue weighted by atomic mass is 9.93. The molecule has 1 atom stereocenters. The zero-order valence-corrected chi connectivity index (χ0v) is 17.5. The Morgan fingerprint density at radius 1 is 1.07 bits per heavy atom. The maximum Gasteiger partial charge on any atom is 0.275 e. The molecule has 0 spiro atoms. The molecule has 5 nitrogen and oxygen atoms in total. The van der Waals surface area contributed by atoms with Gasteiger partial charge in [-0.2, -0.15) is 0 Å². The quantitative estimate of drug-likeness (QED) is 0.706. The molecule has 1 aliphatic heterocycles. The zero-order chi connectivity index (χ0) is 20.9. The van der Waals surface area contributed by atoms with Gasteiger partial charge in [0.15, 0.2) is 0 Å². The third kappa shape index (κ3) is 2.92. The van der Waals surface area contributed by atoms with Crippen molar-refractivity contribution < 1.29 is 9.59 Å². The first-order valence-electron chi connectivity index (χ1n) is 10.8. The van der Waals surface area contributed by atoms with Gasteiger partial charge >= 0.3 is 0 Å². The molecule has 2 heterocycles. The van der Waals surface area contributed by atoms with Crippen LogP contribution in [0.15, 0.2) is 54.6 Å². The Morgan fingerprint density at radius 2 is 1.77 bits per heavy atom. The minimum atomic E-state index is -1.01. The van der Waals surface area contributed by atoms with Crippen molar-refractivity contribution in [1.82, 2.24) is 9.88 Å². The fraction of sp³-hybridized carbons (Fsp3) is 0.360. The molecule has 1 fully saturated rings. The molecule has 0 bridgehead atoms. The Hall–Kier alpha value is -3.08. The van der Waals surface area contributed by atoms with Gasteiger partial charge in [-0.3, -0.25) is 14.5 Å². The third-order valence-corrected chi connectivity index (χ3v) is 6.66. The summed E-state index contributed by atoms with van der Waals surface area (Å²) in [5, 5.41) is 4.26. The molecular weight excluding hydrogens is 374 g/mol. The minimum Gasteiger partial charge on any atom is -0.351 e. The summed E-state index contributed by atoms with van der Waals surface area (Å²) in [5.41, 5.74) is 2.48. The van der Waals surface area contributed by atoms with E-state index in [1.807, 2.05) is 73.0 Å². The molecule has 5 rings (SSSR count). The van der Waals surface area contributed by atoms with Crippen LogP contribution in [0.1, 0.15) is 48.7 Å². The molecule has 30 heavy (non-hydrogen) atoms. The van der Waals surface area contributed by atoms with E-state index in [9.17, 15) is 9.59 Å². The van der Waals surface area contributed by atoms with E-state index in [0.717, 1.165) is 47.8 Å². The first kappa shape index (κ1) is 18.9. The summed E-state index contributed by atoms with van der Waals surface area (Å²) in [6, 6.07) is 18.0. The zero-order valence-electron chi connectivity index (χ0n) is 17.5. The molecule has 154 valence electrons. The molecule has 2 amide bonds. The summed E-state index contributed by atoms with van der Waals surface area (Å²) in [6.45, 7) is 4.34. The maximum atomic E-state index is 13.8. The van der Waals surface area contributed by atoms with Crippen molar-refractivity contribution in [1.29, 1.82) is 0 Å². The van der Waals surface area contributed by atoms with Gasteiger partial charge in [0.2, 0.25) is 5.91 Å². The van der Waals surface area contributed by atoms with E-state index in [4.69, 9.17) is 0 Å². The number of aromatic nitrogens is 1. The lowest BCUT2D eigenvalue weighted by Gasteiger charge is -2.44. The topological polar surface area (TPSA) is 54.3 Å². The number of para-hydroxylation sites is 1. The number of benzene rings is 2. The first-order valence-corrected chi connectivity index (χ1v) is 10.8.